The standard InChI is InChI=1S/C16H23NO/c1-13-7-6-10-16(11-14(2)18)17(13)12-15-8-4-3-5-9-15/h3-5,8-9,13,16H,6-7,10-12H2,1-2H3/t13-,16-/m1/s1. The normalized spacial score (nSPS) is 25.0. The minimum Gasteiger partial charge on any atom is -0.300 e. The van der Waals surface area contributed by atoms with Crippen LogP contribution in [-0.2, 0) is 11.3 Å². The van der Waals surface area contributed by atoms with E-state index < -0.39 is 0 Å². The Kier molecular flexibility index (Phi) is 4.54. The molecular formula is C16H23NO. The van der Waals surface area contributed by atoms with E-state index in [0.29, 0.717) is 24.3 Å². The van der Waals surface area contributed by atoms with E-state index in [9.17, 15) is 4.79 Å². The highest BCUT2D eigenvalue weighted by Crippen LogP contribution is 2.26. The van der Waals surface area contributed by atoms with Gasteiger partial charge >= 0.3 is 0 Å². The Labute approximate surface area is 110 Å². The monoisotopic (exact) mass is 245 g/mol. The Morgan fingerprint density at radius 2 is 2.00 bits per heavy atom. The molecule has 1 aromatic rings. The van der Waals surface area contributed by atoms with Gasteiger partial charge in [-0.05, 0) is 32.3 Å². The van der Waals surface area contributed by atoms with Crippen LogP contribution < -0.4 is 0 Å². The average molecular weight is 245 g/mol. The van der Waals surface area contributed by atoms with Crippen LogP contribution in [0.25, 0.3) is 0 Å². The van der Waals surface area contributed by atoms with Gasteiger partial charge in [-0.3, -0.25) is 9.69 Å². The van der Waals surface area contributed by atoms with E-state index in [2.05, 4.69) is 42.2 Å². The summed E-state index contributed by atoms with van der Waals surface area (Å²) in [7, 11) is 0. The first-order valence-electron chi connectivity index (χ1n) is 6.96. The fourth-order valence-corrected chi connectivity index (χ4v) is 2.97. The van der Waals surface area contributed by atoms with Crippen LogP contribution in [0.15, 0.2) is 30.3 Å². The summed E-state index contributed by atoms with van der Waals surface area (Å²) in [5.41, 5.74) is 1.35. The third kappa shape index (κ3) is 3.42. The summed E-state index contributed by atoms with van der Waals surface area (Å²) in [6.45, 7) is 4.97. The summed E-state index contributed by atoms with van der Waals surface area (Å²) in [4.78, 5) is 13.9. The summed E-state index contributed by atoms with van der Waals surface area (Å²) in [6, 6.07) is 11.6. The molecule has 0 aromatic heterocycles. The van der Waals surface area contributed by atoms with Crippen LogP contribution in [0.4, 0.5) is 0 Å². The molecule has 0 aliphatic carbocycles. The van der Waals surface area contributed by atoms with Gasteiger partial charge in [0.2, 0.25) is 0 Å². The quantitative estimate of drug-likeness (QED) is 0.810. The molecule has 1 aliphatic rings. The van der Waals surface area contributed by atoms with Gasteiger partial charge in [0.05, 0.1) is 0 Å². The number of ketones is 1. The maximum atomic E-state index is 11.4. The van der Waals surface area contributed by atoms with Gasteiger partial charge in [0.1, 0.15) is 5.78 Å². The largest absolute Gasteiger partial charge is 0.300 e. The second-order valence-corrected chi connectivity index (χ2v) is 5.50. The molecule has 0 spiro atoms. The SMILES string of the molecule is CC(=O)C[C@H]1CCC[C@@H](C)N1Cc1ccccc1. The molecule has 2 atom stereocenters. The van der Waals surface area contributed by atoms with Crippen LogP contribution in [-0.4, -0.2) is 22.8 Å². The molecular weight excluding hydrogens is 222 g/mol. The molecule has 1 aromatic carbocycles. The molecule has 1 fully saturated rings. The van der Waals surface area contributed by atoms with Gasteiger partial charge in [-0.1, -0.05) is 36.8 Å². The first-order chi connectivity index (χ1) is 8.66. The smallest absolute Gasteiger partial charge is 0.131 e. The number of piperidine rings is 1. The summed E-state index contributed by atoms with van der Waals surface area (Å²) in [5, 5.41) is 0. The van der Waals surface area contributed by atoms with Gasteiger partial charge in [-0.25, -0.2) is 0 Å². The van der Waals surface area contributed by atoms with Crippen molar-refractivity contribution >= 4 is 5.78 Å². The molecule has 0 saturated carbocycles. The zero-order valence-electron chi connectivity index (χ0n) is 11.4. The Morgan fingerprint density at radius 3 is 2.67 bits per heavy atom. The van der Waals surface area contributed by atoms with Gasteiger partial charge in [-0.2, -0.15) is 0 Å². The van der Waals surface area contributed by atoms with Gasteiger partial charge in [0.25, 0.3) is 0 Å². The number of hydrogen-bond donors (Lipinski definition) is 0. The third-order valence-electron chi connectivity index (χ3n) is 3.93. The molecule has 0 radical (unpaired) electrons. The molecule has 0 bridgehead atoms. The van der Waals surface area contributed by atoms with Gasteiger partial charge in [0.15, 0.2) is 0 Å². The Balaban J connectivity index is 2.07. The number of likely N-dealkylation sites (tertiary alicyclic amines) is 1. The van der Waals surface area contributed by atoms with Crippen LogP contribution >= 0.6 is 0 Å². The maximum absolute atomic E-state index is 11.4. The van der Waals surface area contributed by atoms with Crippen molar-refractivity contribution in [1.82, 2.24) is 4.90 Å². The molecule has 1 saturated heterocycles. The Morgan fingerprint density at radius 1 is 1.28 bits per heavy atom. The van der Waals surface area contributed by atoms with Crippen molar-refractivity contribution in [1.29, 1.82) is 0 Å². The highest BCUT2D eigenvalue weighted by Gasteiger charge is 2.28. The lowest BCUT2D eigenvalue weighted by atomic mass is 9.92. The van der Waals surface area contributed by atoms with Crippen LogP contribution in [0, 0.1) is 0 Å². The minimum absolute atomic E-state index is 0.312. The Hall–Kier alpha value is -1.15. The molecule has 0 N–H and O–H groups in total. The van der Waals surface area contributed by atoms with Crippen LogP contribution in [0.5, 0.6) is 0 Å². The number of carbonyl (C=O) groups excluding carboxylic acids is 1. The summed E-state index contributed by atoms with van der Waals surface area (Å²) in [5.74, 6) is 0.312. The van der Waals surface area contributed by atoms with Crippen molar-refractivity contribution in [3.63, 3.8) is 0 Å². The molecule has 18 heavy (non-hydrogen) atoms. The van der Waals surface area contributed by atoms with Crippen molar-refractivity contribution in [3.05, 3.63) is 35.9 Å². The molecule has 0 amide bonds. The molecule has 2 rings (SSSR count). The zero-order valence-corrected chi connectivity index (χ0v) is 11.4. The lowest BCUT2D eigenvalue weighted by Gasteiger charge is -2.40. The lowest BCUT2D eigenvalue weighted by Crippen LogP contribution is -2.45. The topological polar surface area (TPSA) is 20.3 Å². The van der Waals surface area contributed by atoms with Gasteiger partial charge < -0.3 is 0 Å². The van der Waals surface area contributed by atoms with E-state index in [4.69, 9.17) is 0 Å². The predicted molar refractivity (Wildman–Crippen MR) is 74.4 cm³/mol. The summed E-state index contributed by atoms with van der Waals surface area (Å²) < 4.78 is 0. The number of nitrogens with zero attached hydrogens (tertiary/aromatic N) is 1. The molecule has 2 heteroatoms. The van der Waals surface area contributed by atoms with Crippen LogP contribution in [0.3, 0.4) is 0 Å². The van der Waals surface area contributed by atoms with Crippen molar-refractivity contribution in [3.8, 4) is 0 Å². The van der Waals surface area contributed by atoms with E-state index in [-0.39, 0.29) is 0 Å². The van der Waals surface area contributed by atoms with Crippen molar-refractivity contribution in [2.75, 3.05) is 0 Å². The molecule has 0 unspecified atom stereocenters. The second-order valence-electron chi connectivity index (χ2n) is 5.50. The van der Waals surface area contributed by atoms with Gasteiger partial charge in [0, 0.05) is 25.0 Å². The second kappa shape index (κ2) is 6.14. The van der Waals surface area contributed by atoms with E-state index in [1.54, 1.807) is 6.92 Å². The molecule has 1 heterocycles. The maximum Gasteiger partial charge on any atom is 0.131 e. The number of hydrogen-bond acceptors (Lipinski definition) is 2. The van der Waals surface area contributed by atoms with E-state index in [0.717, 1.165) is 13.0 Å². The average Bonchev–Trinajstić information content (AvgIpc) is 2.34. The first-order valence-corrected chi connectivity index (χ1v) is 6.96. The highest BCUT2D eigenvalue weighted by molar-refractivity contribution is 5.76. The molecule has 1 aliphatic heterocycles. The molecule has 2 nitrogen and oxygen atoms in total. The van der Waals surface area contributed by atoms with Crippen LogP contribution in [0.2, 0.25) is 0 Å². The first kappa shape index (κ1) is 13.3. The zero-order chi connectivity index (χ0) is 13.0. The van der Waals surface area contributed by atoms with Crippen molar-refractivity contribution in [2.24, 2.45) is 0 Å². The third-order valence-corrected chi connectivity index (χ3v) is 3.93. The van der Waals surface area contributed by atoms with Crippen LogP contribution in [0.1, 0.15) is 45.1 Å². The lowest BCUT2D eigenvalue weighted by molar-refractivity contribution is -0.118. The van der Waals surface area contributed by atoms with E-state index in [1.807, 2.05) is 0 Å². The van der Waals surface area contributed by atoms with E-state index in [1.165, 1.54) is 18.4 Å². The molecule has 98 valence electrons. The summed E-state index contributed by atoms with van der Waals surface area (Å²) in [6.07, 6.45) is 4.37. The summed E-state index contributed by atoms with van der Waals surface area (Å²) >= 11 is 0. The highest BCUT2D eigenvalue weighted by atomic mass is 16.1. The Bertz CT molecular complexity index is 387. The fraction of sp³-hybridized carbons (Fsp3) is 0.562. The number of Topliss-reactive ketones (excluding diaryl/α,β-unsaturated/α-hetero) is 1. The number of carbonyl (C=O) groups is 1. The predicted octanol–water partition coefficient (Wildman–Crippen LogP) is 3.41. The van der Waals surface area contributed by atoms with E-state index >= 15 is 0 Å². The number of rotatable bonds is 4. The van der Waals surface area contributed by atoms with Gasteiger partial charge in [-0.15, -0.1) is 0 Å². The number of benzene rings is 1. The van der Waals surface area contributed by atoms with Crippen molar-refractivity contribution < 1.29 is 4.79 Å². The fourth-order valence-electron chi connectivity index (χ4n) is 2.97. The van der Waals surface area contributed by atoms with Crippen molar-refractivity contribution in [2.45, 2.75) is 58.2 Å². The minimum atomic E-state index is 0.312.